The van der Waals surface area contributed by atoms with Crippen LogP contribution in [0.5, 0.6) is 0 Å². The Morgan fingerprint density at radius 3 is 2.22 bits per heavy atom. The van der Waals surface area contributed by atoms with E-state index in [4.69, 9.17) is 4.74 Å². The van der Waals surface area contributed by atoms with E-state index >= 15 is 0 Å². The third-order valence-corrected chi connectivity index (χ3v) is 6.34. The number of carbonyl (C=O) groups is 3. The molecule has 1 aliphatic heterocycles. The van der Waals surface area contributed by atoms with Crippen LogP contribution in [0, 0.1) is 0 Å². The summed E-state index contributed by atoms with van der Waals surface area (Å²) >= 11 is 0. The number of ether oxygens (including phenoxy) is 1. The number of alkyl carbamates (subject to hydrolysis) is 1. The number of piperidine rings is 1. The van der Waals surface area contributed by atoms with Gasteiger partial charge in [-0.1, -0.05) is 48.5 Å². The van der Waals surface area contributed by atoms with E-state index < -0.39 is 29.6 Å². The first-order chi connectivity index (χ1) is 15.3. The van der Waals surface area contributed by atoms with Crippen LogP contribution in [0.3, 0.4) is 0 Å². The van der Waals surface area contributed by atoms with Gasteiger partial charge in [-0.3, -0.25) is 4.79 Å². The topological polar surface area (TPSA) is 95.9 Å². The number of carbonyl (C=O) groups excluding carboxylic acids is 2. The van der Waals surface area contributed by atoms with Crippen LogP contribution in [0.1, 0.15) is 50.2 Å². The first kappa shape index (κ1) is 21.9. The average molecular weight is 437 g/mol. The molecule has 7 nitrogen and oxygen atoms in total. The first-order valence-corrected chi connectivity index (χ1v) is 11.0. The third-order valence-electron chi connectivity index (χ3n) is 6.34. The normalized spacial score (nSPS) is 17.9. The molecule has 0 radical (unpaired) electrons. The van der Waals surface area contributed by atoms with Crippen LogP contribution in [-0.2, 0) is 14.3 Å². The number of rotatable bonds is 5. The second-order valence-electron chi connectivity index (χ2n) is 8.92. The standard InChI is InChI=1S/C25H28N2O5/c1-25(2,23(30)27-14-8-7-13-21(27)22(28)29)26-24(31)32-15-20-18-11-5-3-9-16(18)17-10-4-6-12-19(17)20/h3-6,9-12,20-21H,7-8,13-15H2,1-2H3,(H,26,31)(H,28,29)/t21-/m0/s1. The minimum atomic E-state index is -1.28. The summed E-state index contributed by atoms with van der Waals surface area (Å²) in [7, 11) is 0. The number of hydrogen-bond acceptors (Lipinski definition) is 4. The molecule has 0 spiro atoms. The number of aliphatic carboxylic acids is 1. The molecule has 32 heavy (non-hydrogen) atoms. The van der Waals surface area contributed by atoms with Gasteiger partial charge in [0.2, 0.25) is 5.91 Å². The molecule has 4 rings (SSSR count). The van der Waals surface area contributed by atoms with E-state index in [2.05, 4.69) is 17.4 Å². The van der Waals surface area contributed by atoms with Gasteiger partial charge >= 0.3 is 12.1 Å². The number of hydrogen-bond donors (Lipinski definition) is 2. The minimum Gasteiger partial charge on any atom is -0.480 e. The van der Waals surface area contributed by atoms with Gasteiger partial charge in [0, 0.05) is 12.5 Å². The van der Waals surface area contributed by atoms with E-state index in [0.29, 0.717) is 13.0 Å². The lowest BCUT2D eigenvalue weighted by molar-refractivity contribution is -0.154. The molecule has 2 aromatic carbocycles. The summed E-state index contributed by atoms with van der Waals surface area (Å²) in [5, 5.41) is 12.1. The Kier molecular flexibility index (Phi) is 5.91. The van der Waals surface area contributed by atoms with Crippen LogP contribution in [0.4, 0.5) is 4.79 Å². The SMILES string of the molecule is CC(C)(NC(=O)OCC1c2ccccc2-c2ccccc21)C(=O)N1CCCC[C@H]1C(=O)O. The smallest absolute Gasteiger partial charge is 0.408 e. The highest BCUT2D eigenvalue weighted by atomic mass is 16.5. The molecule has 2 aliphatic rings. The Hall–Kier alpha value is -3.35. The van der Waals surface area contributed by atoms with Gasteiger partial charge in [0.25, 0.3) is 0 Å². The fourth-order valence-electron chi connectivity index (χ4n) is 4.73. The molecule has 1 fully saturated rings. The summed E-state index contributed by atoms with van der Waals surface area (Å²) in [6, 6.07) is 15.3. The number of carboxylic acids is 1. The second-order valence-corrected chi connectivity index (χ2v) is 8.92. The summed E-state index contributed by atoms with van der Waals surface area (Å²) < 4.78 is 5.55. The second kappa shape index (κ2) is 8.65. The molecule has 7 heteroatoms. The molecule has 2 amide bonds. The van der Waals surface area contributed by atoms with Crippen LogP contribution >= 0.6 is 0 Å². The van der Waals surface area contributed by atoms with E-state index in [1.54, 1.807) is 13.8 Å². The van der Waals surface area contributed by atoms with Crippen molar-refractivity contribution in [3.63, 3.8) is 0 Å². The minimum absolute atomic E-state index is 0.0783. The van der Waals surface area contributed by atoms with Crippen molar-refractivity contribution in [1.82, 2.24) is 10.2 Å². The van der Waals surface area contributed by atoms with Crippen molar-refractivity contribution in [3.05, 3.63) is 59.7 Å². The third kappa shape index (κ3) is 4.07. The Morgan fingerprint density at radius 1 is 1.03 bits per heavy atom. The number of fused-ring (bicyclic) bond motifs is 3. The summed E-state index contributed by atoms with van der Waals surface area (Å²) in [6.45, 7) is 3.66. The Morgan fingerprint density at radius 2 is 1.62 bits per heavy atom. The number of nitrogens with zero attached hydrogens (tertiary/aromatic N) is 1. The van der Waals surface area contributed by atoms with Crippen molar-refractivity contribution >= 4 is 18.0 Å². The van der Waals surface area contributed by atoms with Crippen LogP contribution in [-0.4, -0.2) is 52.7 Å². The number of amides is 2. The lowest BCUT2D eigenvalue weighted by Gasteiger charge is -2.38. The maximum atomic E-state index is 13.1. The molecular formula is C25H28N2O5. The zero-order chi connectivity index (χ0) is 22.9. The molecule has 1 saturated heterocycles. The van der Waals surface area contributed by atoms with Crippen molar-refractivity contribution in [2.45, 2.75) is 50.6 Å². The molecule has 2 aromatic rings. The monoisotopic (exact) mass is 436 g/mol. The Balaban J connectivity index is 1.43. The van der Waals surface area contributed by atoms with Crippen molar-refractivity contribution in [3.8, 4) is 11.1 Å². The Labute approximate surface area is 187 Å². The Bertz CT molecular complexity index is 1000. The summed E-state index contributed by atoms with van der Waals surface area (Å²) in [6.07, 6.45) is 1.23. The maximum Gasteiger partial charge on any atom is 0.408 e. The summed E-state index contributed by atoms with van der Waals surface area (Å²) in [4.78, 5) is 38.6. The molecule has 0 unspecified atom stereocenters. The van der Waals surface area contributed by atoms with Crippen LogP contribution in [0.25, 0.3) is 11.1 Å². The molecule has 0 saturated carbocycles. The van der Waals surface area contributed by atoms with Crippen molar-refractivity contribution in [1.29, 1.82) is 0 Å². The van der Waals surface area contributed by atoms with Crippen molar-refractivity contribution in [2.75, 3.05) is 13.2 Å². The van der Waals surface area contributed by atoms with E-state index in [0.717, 1.165) is 35.1 Å². The quantitative estimate of drug-likeness (QED) is 0.744. The van der Waals surface area contributed by atoms with Gasteiger partial charge in [0.15, 0.2) is 0 Å². The molecule has 0 aromatic heterocycles. The molecule has 1 heterocycles. The highest BCUT2D eigenvalue weighted by Gasteiger charge is 2.40. The van der Waals surface area contributed by atoms with Gasteiger partial charge in [-0.05, 0) is 55.4 Å². The molecule has 168 valence electrons. The molecule has 1 aliphatic carbocycles. The van der Waals surface area contributed by atoms with Crippen LogP contribution in [0.2, 0.25) is 0 Å². The number of benzene rings is 2. The lowest BCUT2D eigenvalue weighted by atomic mass is 9.96. The van der Waals surface area contributed by atoms with E-state index in [1.807, 2.05) is 36.4 Å². The molecular weight excluding hydrogens is 408 g/mol. The van der Waals surface area contributed by atoms with Crippen LogP contribution < -0.4 is 5.32 Å². The predicted octanol–water partition coefficient (Wildman–Crippen LogP) is 3.77. The lowest BCUT2D eigenvalue weighted by Crippen LogP contribution is -2.60. The maximum absolute atomic E-state index is 13.1. The number of likely N-dealkylation sites (tertiary alicyclic amines) is 1. The van der Waals surface area contributed by atoms with Gasteiger partial charge in [0.05, 0.1) is 0 Å². The zero-order valence-electron chi connectivity index (χ0n) is 18.3. The van der Waals surface area contributed by atoms with Gasteiger partial charge in [-0.25, -0.2) is 9.59 Å². The fourth-order valence-corrected chi connectivity index (χ4v) is 4.73. The highest BCUT2D eigenvalue weighted by molar-refractivity contribution is 5.92. The molecule has 0 bridgehead atoms. The predicted molar refractivity (Wildman–Crippen MR) is 119 cm³/mol. The highest BCUT2D eigenvalue weighted by Crippen LogP contribution is 2.44. The summed E-state index contributed by atoms with van der Waals surface area (Å²) in [5.41, 5.74) is 3.20. The van der Waals surface area contributed by atoms with E-state index in [9.17, 15) is 19.5 Å². The molecule has 2 N–H and O–H groups in total. The largest absolute Gasteiger partial charge is 0.480 e. The first-order valence-electron chi connectivity index (χ1n) is 11.0. The number of carboxylic acid groups (broad SMARTS) is 1. The number of nitrogens with one attached hydrogen (secondary N) is 1. The zero-order valence-corrected chi connectivity index (χ0v) is 18.3. The van der Waals surface area contributed by atoms with Crippen molar-refractivity contribution < 1.29 is 24.2 Å². The van der Waals surface area contributed by atoms with E-state index in [1.165, 1.54) is 4.90 Å². The fraction of sp³-hybridized carbons (Fsp3) is 0.400. The van der Waals surface area contributed by atoms with Gasteiger partial charge in [-0.2, -0.15) is 0 Å². The van der Waals surface area contributed by atoms with Gasteiger partial charge < -0.3 is 20.1 Å². The van der Waals surface area contributed by atoms with Crippen molar-refractivity contribution in [2.24, 2.45) is 0 Å². The molecule has 1 atom stereocenters. The van der Waals surface area contributed by atoms with Gasteiger partial charge in [0.1, 0.15) is 18.2 Å². The summed E-state index contributed by atoms with van der Waals surface area (Å²) in [5.74, 6) is -1.52. The average Bonchev–Trinajstić information content (AvgIpc) is 3.10. The van der Waals surface area contributed by atoms with Gasteiger partial charge in [-0.15, -0.1) is 0 Å². The van der Waals surface area contributed by atoms with E-state index in [-0.39, 0.29) is 12.5 Å². The van der Waals surface area contributed by atoms with Crippen LogP contribution in [0.15, 0.2) is 48.5 Å².